The maximum atomic E-state index is 12.4. The Morgan fingerprint density at radius 3 is 2.68 bits per heavy atom. The number of rotatable bonds is 2. The van der Waals surface area contributed by atoms with Gasteiger partial charge in [-0.05, 0) is 37.2 Å². The van der Waals surface area contributed by atoms with Gasteiger partial charge in [-0.1, -0.05) is 19.9 Å². The summed E-state index contributed by atoms with van der Waals surface area (Å²) in [6.45, 7) is 6.59. The second-order valence-electron chi connectivity index (χ2n) is 6.74. The highest BCUT2D eigenvalue weighted by molar-refractivity contribution is 7.90. The first-order valence-corrected chi connectivity index (χ1v) is 8.47. The molecule has 2 saturated carbocycles. The molecule has 3 unspecified atom stereocenters. The highest BCUT2D eigenvalue weighted by Crippen LogP contribution is 2.70. The topological polar surface area (TPSA) is 63.2 Å². The Balaban J connectivity index is 2.15. The molecule has 0 aromatic rings. The highest BCUT2D eigenvalue weighted by atomic mass is 32.2. The lowest BCUT2D eigenvalue weighted by Crippen LogP contribution is -2.42. The molecule has 3 aliphatic rings. The first kappa shape index (κ1) is 13.3. The second kappa shape index (κ2) is 3.70. The van der Waals surface area contributed by atoms with Crippen molar-refractivity contribution in [1.29, 1.82) is 0 Å². The van der Waals surface area contributed by atoms with Gasteiger partial charge in [0, 0.05) is 17.9 Å². The predicted octanol–water partition coefficient (Wildman–Crippen LogP) is 1.49. The van der Waals surface area contributed by atoms with Crippen LogP contribution < -0.4 is 4.72 Å². The summed E-state index contributed by atoms with van der Waals surface area (Å²) in [6, 6.07) is 0. The Morgan fingerprint density at radius 1 is 1.37 bits per heavy atom. The molecule has 1 aliphatic heterocycles. The van der Waals surface area contributed by atoms with Crippen LogP contribution in [0.15, 0.2) is 12.2 Å². The van der Waals surface area contributed by atoms with Crippen molar-refractivity contribution in [2.24, 2.45) is 22.7 Å². The Hall–Kier alpha value is -0.680. The Morgan fingerprint density at radius 2 is 2.05 bits per heavy atom. The van der Waals surface area contributed by atoms with Gasteiger partial charge in [0.15, 0.2) is 5.78 Å². The van der Waals surface area contributed by atoms with Crippen LogP contribution in [0.5, 0.6) is 0 Å². The van der Waals surface area contributed by atoms with Crippen LogP contribution in [-0.4, -0.2) is 26.0 Å². The van der Waals surface area contributed by atoms with Crippen molar-refractivity contribution < 1.29 is 13.2 Å². The molecule has 0 aromatic carbocycles. The minimum absolute atomic E-state index is 0.0144. The van der Waals surface area contributed by atoms with Gasteiger partial charge in [-0.2, -0.15) is 0 Å². The molecule has 5 heteroatoms. The lowest BCUT2D eigenvalue weighted by atomic mass is 9.69. The first-order valence-electron chi connectivity index (χ1n) is 6.93. The molecule has 3 rings (SSSR count). The van der Waals surface area contributed by atoms with Crippen molar-refractivity contribution in [2.75, 3.05) is 6.54 Å². The Labute approximate surface area is 114 Å². The predicted molar refractivity (Wildman–Crippen MR) is 73.0 cm³/mol. The summed E-state index contributed by atoms with van der Waals surface area (Å²) in [4.78, 5) is 12.4. The fourth-order valence-corrected chi connectivity index (χ4v) is 7.45. The largest absolute Gasteiger partial charge is 0.294 e. The van der Waals surface area contributed by atoms with Crippen molar-refractivity contribution in [3.8, 4) is 0 Å². The van der Waals surface area contributed by atoms with Gasteiger partial charge < -0.3 is 0 Å². The van der Waals surface area contributed by atoms with Gasteiger partial charge in [0.2, 0.25) is 10.0 Å². The lowest BCUT2D eigenvalue weighted by Gasteiger charge is -2.36. The SMILES string of the molecule is C/C=C/C(=O)C1C2CCC3(CNS(=O)(=O)[C@@H]13)C2(C)C. The van der Waals surface area contributed by atoms with E-state index in [4.69, 9.17) is 0 Å². The van der Waals surface area contributed by atoms with Gasteiger partial charge >= 0.3 is 0 Å². The van der Waals surface area contributed by atoms with Gasteiger partial charge in [-0.15, -0.1) is 0 Å². The van der Waals surface area contributed by atoms with Crippen molar-refractivity contribution in [3.63, 3.8) is 0 Å². The monoisotopic (exact) mass is 283 g/mol. The van der Waals surface area contributed by atoms with E-state index in [9.17, 15) is 13.2 Å². The molecule has 0 radical (unpaired) electrons. The molecule has 106 valence electrons. The molecule has 2 aliphatic carbocycles. The molecule has 0 aromatic heterocycles. The zero-order valence-corrected chi connectivity index (χ0v) is 12.5. The number of carbonyl (C=O) groups excluding carboxylic acids is 1. The molecular weight excluding hydrogens is 262 g/mol. The quantitative estimate of drug-likeness (QED) is 0.781. The maximum Gasteiger partial charge on any atom is 0.215 e. The van der Waals surface area contributed by atoms with E-state index in [-0.39, 0.29) is 28.4 Å². The van der Waals surface area contributed by atoms with E-state index in [0.29, 0.717) is 6.54 Å². The van der Waals surface area contributed by atoms with E-state index in [1.54, 1.807) is 19.1 Å². The minimum Gasteiger partial charge on any atom is -0.294 e. The second-order valence-corrected chi connectivity index (χ2v) is 8.62. The van der Waals surface area contributed by atoms with E-state index < -0.39 is 15.3 Å². The number of hydrogen-bond donors (Lipinski definition) is 1. The summed E-state index contributed by atoms with van der Waals surface area (Å²) in [5.41, 5.74) is -0.339. The molecule has 1 heterocycles. The number of ketones is 1. The van der Waals surface area contributed by atoms with Crippen LogP contribution in [0.4, 0.5) is 0 Å². The summed E-state index contributed by atoms with van der Waals surface area (Å²) in [7, 11) is -3.35. The molecule has 1 N–H and O–H groups in total. The fourth-order valence-electron chi connectivity index (χ4n) is 5.01. The van der Waals surface area contributed by atoms with Crippen LogP contribution in [0.25, 0.3) is 0 Å². The van der Waals surface area contributed by atoms with Gasteiger partial charge in [0.1, 0.15) is 0 Å². The molecule has 1 spiro atoms. The number of hydrogen-bond acceptors (Lipinski definition) is 3. The van der Waals surface area contributed by atoms with Crippen molar-refractivity contribution in [2.45, 2.75) is 38.9 Å². The van der Waals surface area contributed by atoms with E-state index in [2.05, 4.69) is 18.6 Å². The molecule has 4 atom stereocenters. The normalized spacial score (nSPS) is 45.7. The van der Waals surface area contributed by atoms with Gasteiger partial charge in [0.25, 0.3) is 0 Å². The molecular formula is C14H21NO3S. The number of carbonyl (C=O) groups is 1. The third kappa shape index (κ3) is 1.38. The van der Waals surface area contributed by atoms with E-state index in [1.807, 2.05) is 0 Å². The van der Waals surface area contributed by atoms with Crippen molar-refractivity contribution in [3.05, 3.63) is 12.2 Å². The van der Waals surface area contributed by atoms with Crippen LogP contribution >= 0.6 is 0 Å². The standard InChI is InChI=1S/C14H21NO3S/c1-4-5-10(16)11-9-6-7-14(13(9,2)3)8-15-19(17,18)12(11)14/h4-5,9,11-12,15H,6-8H2,1-3H3/b5-4+/t9?,11?,12-,14?/m0/s1. The third-order valence-corrected chi connectivity index (χ3v) is 7.96. The fraction of sp³-hybridized carbons (Fsp3) is 0.786. The summed E-state index contributed by atoms with van der Waals surface area (Å²) < 4.78 is 27.4. The van der Waals surface area contributed by atoms with E-state index >= 15 is 0 Å². The third-order valence-electron chi connectivity index (χ3n) is 6.00. The summed E-state index contributed by atoms with van der Waals surface area (Å²) in [6.07, 6.45) is 5.14. The first-order chi connectivity index (χ1) is 8.78. The summed E-state index contributed by atoms with van der Waals surface area (Å²) in [5, 5.41) is -0.530. The van der Waals surface area contributed by atoms with Crippen molar-refractivity contribution >= 4 is 15.8 Å². The molecule has 19 heavy (non-hydrogen) atoms. The van der Waals surface area contributed by atoms with Crippen LogP contribution in [0.1, 0.15) is 33.6 Å². The number of sulfonamides is 1. The van der Waals surface area contributed by atoms with Gasteiger partial charge in [-0.3, -0.25) is 4.79 Å². The number of fused-ring (bicyclic) bond motifs is 1. The Bertz CT molecular complexity index is 563. The van der Waals surface area contributed by atoms with Crippen LogP contribution in [0, 0.1) is 22.7 Å². The molecule has 4 nitrogen and oxygen atoms in total. The zero-order valence-electron chi connectivity index (χ0n) is 11.6. The molecule has 1 saturated heterocycles. The zero-order chi connectivity index (χ0) is 14.1. The van der Waals surface area contributed by atoms with Crippen molar-refractivity contribution in [1.82, 2.24) is 4.72 Å². The lowest BCUT2D eigenvalue weighted by molar-refractivity contribution is -0.119. The van der Waals surface area contributed by atoms with Gasteiger partial charge in [-0.25, -0.2) is 13.1 Å². The average Bonchev–Trinajstić information content (AvgIpc) is 2.82. The number of nitrogens with one attached hydrogen (secondary N) is 1. The van der Waals surface area contributed by atoms with Crippen LogP contribution in [-0.2, 0) is 14.8 Å². The summed E-state index contributed by atoms with van der Waals surface area (Å²) in [5.74, 6) is -0.183. The van der Waals surface area contributed by atoms with Gasteiger partial charge in [0.05, 0.1) is 5.25 Å². The van der Waals surface area contributed by atoms with E-state index in [1.165, 1.54) is 0 Å². The number of allylic oxidation sites excluding steroid dienone is 2. The van der Waals surface area contributed by atoms with E-state index in [0.717, 1.165) is 12.8 Å². The summed E-state index contributed by atoms with van der Waals surface area (Å²) >= 11 is 0. The van der Waals surface area contributed by atoms with Crippen LogP contribution in [0.3, 0.4) is 0 Å². The van der Waals surface area contributed by atoms with Crippen LogP contribution in [0.2, 0.25) is 0 Å². The molecule has 2 bridgehead atoms. The highest BCUT2D eigenvalue weighted by Gasteiger charge is 2.75. The molecule has 0 amide bonds. The average molecular weight is 283 g/mol. The maximum absolute atomic E-state index is 12.4. The Kier molecular flexibility index (Phi) is 2.59. The molecule has 3 fully saturated rings. The minimum atomic E-state index is -3.35. The smallest absolute Gasteiger partial charge is 0.215 e.